The molecule has 65 heavy (non-hydrogen) atoms. The zero-order valence-electron chi connectivity index (χ0n) is 41.7. The van der Waals surface area contributed by atoms with Crippen molar-refractivity contribution in [1.82, 2.24) is 5.32 Å². The normalized spacial score (nSPS) is 20.4. The molecule has 1 aliphatic heterocycles. The van der Waals surface area contributed by atoms with Gasteiger partial charge in [0.05, 0.1) is 25.4 Å². The molecule has 9 nitrogen and oxygen atoms in total. The lowest BCUT2D eigenvalue weighted by atomic mass is 9.99. The van der Waals surface area contributed by atoms with Crippen LogP contribution in [0.25, 0.3) is 0 Å². The van der Waals surface area contributed by atoms with Gasteiger partial charge in [-0.3, -0.25) is 4.79 Å². The molecule has 1 saturated heterocycles. The van der Waals surface area contributed by atoms with Crippen LogP contribution in [0, 0.1) is 0 Å². The number of allylic oxidation sites excluding steroid dienone is 9. The number of ether oxygens (including phenoxy) is 2. The van der Waals surface area contributed by atoms with Crippen molar-refractivity contribution < 1.29 is 39.8 Å². The summed E-state index contributed by atoms with van der Waals surface area (Å²) < 4.78 is 11.2. The molecule has 378 valence electrons. The van der Waals surface area contributed by atoms with Crippen LogP contribution in [0.1, 0.15) is 232 Å². The van der Waals surface area contributed by atoms with Crippen LogP contribution in [0.3, 0.4) is 0 Å². The van der Waals surface area contributed by atoms with Crippen LogP contribution in [0.15, 0.2) is 60.8 Å². The van der Waals surface area contributed by atoms with Crippen LogP contribution in [-0.4, -0.2) is 87.5 Å². The number of aliphatic hydroxyl groups is 5. The maximum atomic E-state index is 13.0. The average molecular weight is 916 g/mol. The van der Waals surface area contributed by atoms with Gasteiger partial charge in [-0.25, -0.2) is 0 Å². The zero-order chi connectivity index (χ0) is 47.3. The first-order chi connectivity index (χ1) is 31.8. The molecule has 0 radical (unpaired) electrons. The van der Waals surface area contributed by atoms with Gasteiger partial charge in [-0.1, -0.05) is 215 Å². The number of rotatable bonds is 45. The van der Waals surface area contributed by atoms with E-state index in [1.165, 1.54) is 161 Å². The van der Waals surface area contributed by atoms with Gasteiger partial charge in [-0.15, -0.1) is 0 Å². The van der Waals surface area contributed by atoms with Gasteiger partial charge >= 0.3 is 0 Å². The van der Waals surface area contributed by atoms with Gasteiger partial charge in [0.25, 0.3) is 0 Å². The largest absolute Gasteiger partial charge is 0.394 e. The number of aliphatic hydroxyl groups excluding tert-OH is 5. The highest BCUT2D eigenvalue weighted by atomic mass is 16.7. The number of unbranched alkanes of at least 4 members (excludes halogenated alkanes) is 28. The van der Waals surface area contributed by atoms with Crippen molar-refractivity contribution in [2.24, 2.45) is 0 Å². The fourth-order valence-corrected chi connectivity index (χ4v) is 8.34. The van der Waals surface area contributed by atoms with E-state index >= 15 is 0 Å². The van der Waals surface area contributed by atoms with Gasteiger partial charge < -0.3 is 40.3 Å². The Morgan fingerprint density at radius 1 is 0.554 bits per heavy atom. The zero-order valence-corrected chi connectivity index (χ0v) is 41.7. The van der Waals surface area contributed by atoms with Crippen molar-refractivity contribution in [2.45, 2.75) is 275 Å². The van der Waals surface area contributed by atoms with E-state index < -0.39 is 49.5 Å². The minimum atomic E-state index is -1.57. The third-order valence-electron chi connectivity index (χ3n) is 12.6. The minimum Gasteiger partial charge on any atom is -0.394 e. The molecule has 6 N–H and O–H groups in total. The smallest absolute Gasteiger partial charge is 0.220 e. The first-order valence-corrected chi connectivity index (χ1v) is 27.0. The Hall–Kier alpha value is -2.11. The Morgan fingerprint density at radius 2 is 0.985 bits per heavy atom. The Morgan fingerprint density at radius 3 is 1.46 bits per heavy atom. The molecule has 7 unspecified atom stereocenters. The Kier molecular flexibility index (Phi) is 42.8. The summed E-state index contributed by atoms with van der Waals surface area (Å²) in [6, 6.07) is -0.827. The van der Waals surface area contributed by atoms with E-state index in [9.17, 15) is 30.3 Å². The van der Waals surface area contributed by atoms with Crippen LogP contribution < -0.4 is 5.32 Å². The molecule has 1 rings (SSSR count). The highest BCUT2D eigenvalue weighted by Gasteiger charge is 2.44. The van der Waals surface area contributed by atoms with Gasteiger partial charge in [0.15, 0.2) is 6.29 Å². The van der Waals surface area contributed by atoms with E-state index in [4.69, 9.17) is 9.47 Å². The average Bonchev–Trinajstić information content (AvgIpc) is 3.31. The number of nitrogens with one attached hydrogen (secondary N) is 1. The lowest BCUT2D eigenvalue weighted by Gasteiger charge is -2.40. The predicted octanol–water partition coefficient (Wildman–Crippen LogP) is 12.7. The standard InChI is InChI=1S/C56H101NO8/c1-3-5-7-9-11-13-14-15-16-17-18-19-20-21-22-23-24-25-26-27-28-29-30-31-32-33-34-35-36-38-40-42-44-46-52(60)57-49(50(59)45-43-41-39-37-12-10-8-6-4-2)48-64-56-55(63)54(62)53(61)51(47-58)65-56/h4,6,12,18-19,21-22,37,43,45,49-51,53-56,58-59,61-63H,3,5,7-11,13-17,20,23-36,38-42,44,46-48H2,1-2H3,(H,57,60)/b6-4+,19-18-,22-21-,37-12+,45-43+. The van der Waals surface area contributed by atoms with Gasteiger partial charge in [0.2, 0.25) is 5.91 Å². The maximum Gasteiger partial charge on any atom is 0.220 e. The summed E-state index contributed by atoms with van der Waals surface area (Å²) in [5.74, 6) is -0.194. The van der Waals surface area contributed by atoms with E-state index in [2.05, 4.69) is 54.8 Å². The van der Waals surface area contributed by atoms with Crippen molar-refractivity contribution in [2.75, 3.05) is 13.2 Å². The van der Waals surface area contributed by atoms with E-state index in [-0.39, 0.29) is 12.5 Å². The topological polar surface area (TPSA) is 149 Å². The van der Waals surface area contributed by atoms with Crippen molar-refractivity contribution in [3.05, 3.63) is 60.8 Å². The predicted molar refractivity (Wildman–Crippen MR) is 272 cm³/mol. The SMILES string of the molecule is C/C=C/CC/C=C/CC/C=C/C(O)C(COC1OC(CO)C(O)C(O)C1O)NC(=O)CCCCCCCCCCCCCCCCCCC/C=C\C/C=C\CCCCCCCCCCC. The van der Waals surface area contributed by atoms with Gasteiger partial charge in [-0.05, 0) is 71.1 Å². The summed E-state index contributed by atoms with van der Waals surface area (Å²) in [6.45, 7) is 3.52. The molecule has 0 aliphatic carbocycles. The van der Waals surface area contributed by atoms with Crippen molar-refractivity contribution in [3.8, 4) is 0 Å². The fraction of sp³-hybridized carbons (Fsp3) is 0.804. The van der Waals surface area contributed by atoms with Crippen molar-refractivity contribution in [1.29, 1.82) is 0 Å². The molecule has 0 aromatic heterocycles. The van der Waals surface area contributed by atoms with E-state index in [1.54, 1.807) is 6.08 Å². The summed E-state index contributed by atoms with van der Waals surface area (Å²) in [5.41, 5.74) is 0. The number of hydrogen-bond donors (Lipinski definition) is 6. The van der Waals surface area contributed by atoms with Crippen molar-refractivity contribution in [3.63, 3.8) is 0 Å². The molecule has 0 spiro atoms. The molecule has 0 aromatic rings. The molecule has 0 bridgehead atoms. The molecule has 9 heteroatoms. The fourth-order valence-electron chi connectivity index (χ4n) is 8.34. The van der Waals surface area contributed by atoms with Gasteiger partial charge in [0, 0.05) is 6.42 Å². The summed E-state index contributed by atoms with van der Waals surface area (Å²) in [7, 11) is 0. The second kappa shape index (κ2) is 45.7. The molecule has 0 aromatic carbocycles. The Bertz CT molecular complexity index is 1200. The van der Waals surface area contributed by atoms with Crippen LogP contribution >= 0.6 is 0 Å². The molecule has 7 atom stereocenters. The van der Waals surface area contributed by atoms with Crippen LogP contribution in [0.2, 0.25) is 0 Å². The van der Waals surface area contributed by atoms with E-state index in [1.807, 2.05) is 19.1 Å². The number of amides is 1. The second-order valence-corrected chi connectivity index (χ2v) is 18.7. The first-order valence-electron chi connectivity index (χ1n) is 27.0. The maximum absolute atomic E-state index is 13.0. The lowest BCUT2D eigenvalue weighted by Crippen LogP contribution is -2.60. The monoisotopic (exact) mass is 916 g/mol. The van der Waals surface area contributed by atoms with Crippen LogP contribution in [0.5, 0.6) is 0 Å². The lowest BCUT2D eigenvalue weighted by molar-refractivity contribution is -0.302. The Balaban J connectivity index is 2.08. The summed E-state index contributed by atoms with van der Waals surface area (Å²) in [5, 5.41) is 54.1. The third-order valence-corrected chi connectivity index (χ3v) is 12.6. The molecule has 1 fully saturated rings. The van der Waals surface area contributed by atoms with Gasteiger partial charge in [-0.2, -0.15) is 0 Å². The molecule has 1 heterocycles. The van der Waals surface area contributed by atoms with Gasteiger partial charge in [0.1, 0.15) is 24.4 Å². The highest BCUT2D eigenvalue weighted by molar-refractivity contribution is 5.76. The summed E-state index contributed by atoms with van der Waals surface area (Å²) in [4.78, 5) is 13.0. The van der Waals surface area contributed by atoms with E-state index in [0.29, 0.717) is 6.42 Å². The van der Waals surface area contributed by atoms with Crippen LogP contribution in [-0.2, 0) is 14.3 Å². The van der Waals surface area contributed by atoms with Crippen LogP contribution in [0.4, 0.5) is 0 Å². The molecule has 1 aliphatic rings. The molecule has 0 saturated carbocycles. The quantitative estimate of drug-likeness (QED) is 0.0261. The number of hydrogen-bond acceptors (Lipinski definition) is 8. The number of carbonyl (C=O) groups is 1. The van der Waals surface area contributed by atoms with Crippen molar-refractivity contribution >= 4 is 5.91 Å². The second-order valence-electron chi connectivity index (χ2n) is 18.7. The third kappa shape index (κ3) is 35.7. The minimum absolute atomic E-state index is 0.194. The number of carbonyl (C=O) groups excluding carboxylic acids is 1. The summed E-state index contributed by atoms with van der Waals surface area (Å²) >= 11 is 0. The highest BCUT2D eigenvalue weighted by Crippen LogP contribution is 2.23. The Labute approximate surface area is 398 Å². The van der Waals surface area contributed by atoms with E-state index in [0.717, 1.165) is 51.4 Å². The molecular weight excluding hydrogens is 815 g/mol. The molecular formula is C56H101NO8. The summed E-state index contributed by atoms with van der Waals surface area (Å²) in [6.07, 6.45) is 54.8. The first kappa shape index (κ1) is 60.9. The molecule has 1 amide bonds.